The molecule has 1 nitrogen and oxygen atoms in total. The number of nitrogens with one attached hydrogen (secondary N) is 1. The lowest BCUT2D eigenvalue weighted by Gasteiger charge is -2.23. The van der Waals surface area contributed by atoms with E-state index in [1.54, 1.807) is 6.07 Å². The van der Waals surface area contributed by atoms with E-state index < -0.39 is 0 Å². The molecule has 1 aliphatic rings. The van der Waals surface area contributed by atoms with E-state index in [-0.39, 0.29) is 5.82 Å². The first kappa shape index (κ1) is 13.5. The molecule has 0 spiro atoms. The van der Waals surface area contributed by atoms with Crippen molar-refractivity contribution in [3.63, 3.8) is 0 Å². The van der Waals surface area contributed by atoms with Crippen LogP contribution < -0.4 is 5.32 Å². The van der Waals surface area contributed by atoms with Gasteiger partial charge in [0.1, 0.15) is 5.82 Å². The van der Waals surface area contributed by atoms with Crippen molar-refractivity contribution in [1.82, 2.24) is 5.32 Å². The van der Waals surface area contributed by atoms with Crippen LogP contribution in [0.4, 0.5) is 4.39 Å². The van der Waals surface area contributed by atoms with Crippen molar-refractivity contribution in [2.45, 2.75) is 58.0 Å². The lowest BCUT2D eigenvalue weighted by molar-refractivity contribution is 0.335. The van der Waals surface area contributed by atoms with Gasteiger partial charge in [-0.1, -0.05) is 43.9 Å². The first-order valence-electron chi connectivity index (χ1n) is 7.24. The molecule has 2 heteroatoms. The zero-order valence-corrected chi connectivity index (χ0v) is 11.3. The van der Waals surface area contributed by atoms with Gasteiger partial charge in [-0.15, -0.1) is 0 Å². The average Bonchev–Trinajstić information content (AvgIpc) is 2.66. The van der Waals surface area contributed by atoms with Crippen LogP contribution in [0.1, 0.15) is 51.0 Å². The molecule has 1 aromatic rings. The molecular weight excluding hydrogens is 225 g/mol. The number of halogens is 1. The van der Waals surface area contributed by atoms with Crippen molar-refractivity contribution in [3.8, 4) is 0 Å². The quantitative estimate of drug-likeness (QED) is 0.786. The molecule has 0 amide bonds. The Kier molecular flexibility index (Phi) is 5.18. The standard InChI is InChI=1S/C16H24FN/c1-13(14-8-4-2-3-5-9-14)18-12-15-10-6-7-11-16(15)17/h6-7,10-11,13-14,18H,2-5,8-9,12H2,1H3/t13-/m1/s1. The summed E-state index contributed by atoms with van der Waals surface area (Å²) in [6.45, 7) is 2.89. The highest BCUT2D eigenvalue weighted by atomic mass is 19.1. The minimum atomic E-state index is -0.0990. The Hall–Kier alpha value is -0.890. The maximum absolute atomic E-state index is 13.5. The Morgan fingerprint density at radius 1 is 1.17 bits per heavy atom. The molecule has 0 saturated heterocycles. The maximum atomic E-state index is 13.5. The average molecular weight is 249 g/mol. The Balaban J connectivity index is 1.83. The fourth-order valence-electron chi connectivity index (χ4n) is 2.89. The van der Waals surface area contributed by atoms with Gasteiger partial charge in [-0.05, 0) is 31.7 Å². The zero-order chi connectivity index (χ0) is 12.8. The molecule has 0 heterocycles. The molecule has 1 atom stereocenters. The summed E-state index contributed by atoms with van der Waals surface area (Å²) in [6, 6.07) is 7.53. The van der Waals surface area contributed by atoms with Crippen molar-refractivity contribution in [3.05, 3.63) is 35.6 Å². The number of hydrogen-bond acceptors (Lipinski definition) is 1. The summed E-state index contributed by atoms with van der Waals surface area (Å²) in [7, 11) is 0. The highest BCUT2D eigenvalue weighted by Gasteiger charge is 2.18. The summed E-state index contributed by atoms with van der Waals surface area (Å²) in [6.07, 6.45) is 8.14. The first-order valence-corrected chi connectivity index (χ1v) is 7.24. The topological polar surface area (TPSA) is 12.0 Å². The van der Waals surface area contributed by atoms with Crippen molar-refractivity contribution >= 4 is 0 Å². The summed E-state index contributed by atoms with van der Waals surface area (Å²) < 4.78 is 13.5. The molecule has 0 unspecified atom stereocenters. The van der Waals surface area contributed by atoms with Crippen LogP contribution in [-0.4, -0.2) is 6.04 Å². The smallest absolute Gasteiger partial charge is 0.127 e. The molecule has 1 aromatic carbocycles. The van der Waals surface area contributed by atoms with Gasteiger partial charge in [0.2, 0.25) is 0 Å². The van der Waals surface area contributed by atoms with Crippen LogP contribution in [0.15, 0.2) is 24.3 Å². The summed E-state index contributed by atoms with van der Waals surface area (Å²) in [5.41, 5.74) is 0.776. The lowest BCUT2D eigenvalue weighted by atomic mass is 9.93. The van der Waals surface area contributed by atoms with Crippen LogP contribution in [0, 0.1) is 11.7 Å². The van der Waals surface area contributed by atoms with E-state index in [1.807, 2.05) is 12.1 Å². The summed E-state index contributed by atoms with van der Waals surface area (Å²) in [5.74, 6) is 0.664. The molecule has 0 radical (unpaired) electrons. The monoisotopic (exact) mass is 249 g/mol. The second kappa shape index (κ2) is 6.89. The van der Waals surface area contributed by atoms with E-state index in [0.29, 0.717) is 12.6 Å². The van der Waals surface area contributed by atoms with E-state index >= 15 is 0 Å². The van der Waals surface area contributed by atoms with Gasteiger partial charge in [-0.2, -0.15) is 0 Å². The van der Waals surface area contributed by atoms with E-state index in [0.717, 1.165) is 11.5 Å². The van der Waals surface area contributed by atoms with E-state index in [2.05, 4.69) is 12.2 Å². The molecule has 2 rings (SSSR count). The molecule has 1 aliphatic carbocycles. The number of rotatable bonds is 4. The number of hydrogen-bond donors (Lipinski definition) is 1. The Morgan fingerprint density at radius 2 is 1.83 bits per heavy atom. The second-order valence-corrected chi connectivity index (χ2v) is 5.51. The molecule has 0 bridgehead atoms. The largest absolute Gasteiger partial charge is 0.310 e. The van der Waals surface area contributed by atoms with Crippen molar-refractivity contribution in [2.75, 3.05) is 0 Å². The molecule has 1 N–H and O–H groups in total. The zero-order valence-electron chi connectivity index (χ0n) is 11.3. The van der Waals surface area contributed by atoms with E-state index in [1.165, 1.54) is 44.6 Å². The maximum Gasteiger partial charge on any atom is 0.127 e. The Morgan fingerprint density at radius 3 is 2.50 bits per heavy atom. The predicted octanol–water partition coefficient (Wildman–Crippen LogP) is 4.27. The van der Waals surface area contributed by atoms with E-state index in [4.69, 9.17) is 0 Å². The molecular formula is C16H24FN. The molecule has 100 valence electrons. The summed E-state index contributed by atoms with van der Waals surface area (Å²) in [4.78, 5) is 0. The normalized spacial score (nSPS) is 19.4. The SMILES string of the molecule is C[C@@H](NCc1ccccc1F)C1CCCCCC1. The minimum Gasteiger partial charge on any atom is -0.310 e. The van der Waals surface area contributed by atoms with Crippen LogP contribution >= 0.6 is 0 Å². The third-order valence-electron chi connectivity index (χ3n) is 4.18. The molecule has 0 aromatic heterocycles. The van der Waals surface area contributed by atoms with Gasteiger partial charge in [0, 0.05) is 18.2 Å². The lowest BCUT2D eigenvalue weighted by Crippen LogP contribution is -2.33. The first-order chi connectivity index (χ1) is 8.77. The third-order valence-corrected chi connectivity index (χ3v) is 4.18. The minimum absolute atomic E-state index is 0.0990. The van der Waals surface area contributed by atoms with Gasteiger partial charge in [0.25, 0.3) is 0 Å². The van der Waals surface area contributed by atoms with Crippen molar-refractivity contribution in [2.24, 2.45) is 5.92 Å². The fourth-order valence-corrected chi connectivity index (χ4v) is 2.89. The van der Waals surface area contributed by atoms with Crippen molar-refractivity contribution in [1.29, 1.82) is 0 Å². The predicted molar refractivity (Wildman–Crippen MR) is 73.9 cm³/mol. The van der Waals surface area contributed by atoms with Gasteiger partial charge in [-0.25, -0.2) is 4.39 Å². The van der Waals surface area contributed by atoms with Crippen LogP contribution in [0.25, 0.3) is 0 Å². The van der Waals surface area contributed by atoms with Gasteiger partial charge in [0.15, 0.2) is 0 Å². The summed E-state index contributed by atoms with van der Waals surface area (Å²) in [5, 5.41) is 3.50. The van der Waals surface area contributed by atoms with Crippen molar-refractivity contribution < 1.29 is 4.39 Å². The van der Waals surface area contributed by atoms with Gasteiger partial charge in [0.05, 0.1) is 0 Å². The number of benzene rings is 1. The van der Waals surface area contributed by atoms with Gasteiger partial charge >= 0.3 is 0 Å². The summed E-state index contributed by atoms with van der Waals surface area (Å²) >= 11 is 0. The highest BCUT2D eigenvalue weighted by Crippen LogP contribution is 2.25. The van der Waals surface area contributed by atoms with Crippen LogP contribution in [-0.2, 0) is 6.54 Å². The van der Waals surface area contributed by atoms with E-state index in [9.17, 15) is 4.39 Å². The fraction of sp³-hybridized carbons (Fsp3) is 0.625. The Labute approximate surface area is 110 Å². The molecule has 1 fully saturated rings. The third kappa shape index (κ3) is 3.81. The second-order valence-electron chi connectivity index (χ2n) is 5.51. The van der Waals surface area contributed by atoms with Gasteiger partial charge < -0.3 is 5.32 Å². The molecule has 18 heavy (non-hydrogen) atoms. The Bertz CT molecular complexity index is 356. The van der Waals surface area contributed by atoms with Crippen LogP contribution in [0.5, 0.6) is 0 Å². The molecule has 0 aliphatic heterocycles. The van der Waals surface area contributed by atoms with Gasteiger partial charge in [-0.3, -0.25) is 0 Å². The highest BCUT2D eigenvalue weighted by molar-refractivity contribution is 5.17. The van der Waals surface area contributed by atoms with Crippen LogP contribution in [0.3, 0.4) is 0 Å². The molecule has 1 saturated carbocycles. The van der Waals surface area contributed by atoms with Crippen LogP contribution in [0.2, 0.25) is 0 Å².